The molecule has 0 fully saturated rings. The maximum absolute atomic E-state index is 14.1. The molecule has 0 spiro atoms. The summed E-state index contributed by atoms with van der Waals surface area (Å²) in [5, 5.41) is 0. The molecule has 5 nitrogen and oxygen atoms in total. The average Bonchev–Trinajstić information content (AvgIpc) is 2.98. The molecule has 0 amide bonds. The van der Waals surface area contributed by atoms with Crippen LogP contribution < -0.4 is 4.90 Å². The molecule has 1 heterocycles. The predicted octanol–water partition coefficient (Wildman–Crippen LogP) is 3.32. The number of hydrogen-bond acceptors (Lipinski definition) is 5. The first-order valence-electron chi connectivity index (χ1n) is 7.71. The van der Waals surface area contributed by atoms with Gasteiger partial charge in [0.05, 0.1) is 31.9 Å². The van der Waals surface area contributed by atoms with Gasteiger partial charge in [0.25, 0.3) is 5.54 Å². The van der Waals surface area contributed by atoms with Crippen molar-refractivity contribution in [1.82, 2.24) is 0 Å². The predicted molar refractivity (Wildman–Crippen MR) is 84.4 cm³/mol. The first-order chi connectivity index (χ1) is 12.8. The molecule has 1 aromatic rings. The topological polar surface area (TPSA) is 55.8 Å². The number of rotatable bonds is 3. The van der Waals surface area contributed by atoms with Crippen LogP contribution in [0.1, 0.15) is 5.56 Å². The molecule has 0 N–H and O–H groups in total. The summed E-state index contributed by atoms with van der Waals surface area (Å²) >= 11 is 0. The largest absolute Gasteiger partial charge is 0.466 e. The minimum Gasteiger partial charge on any atom is -0.466 e. The third kappa shape index (κ3) is 3.08. The summed E-state index contributed by atoms with van der Waals surface area (Å²) in [6, 6.07) is 4.69. The molecule has 11 heteroatoms. The first-order valence-corrected chi connectivity index (χ1v) is 7.71. The third-order valence-electron chi connectivity index (χ3n) is 4.37. The molecule has 1 aliphatic rings. The standard InChI is InChI=1S/C17H15F6NO4/c1-9-4-6-10(7-5-9)24-8-11(13(25)27-2)12(14(26)28-3)15(24,16(18,19)20)17(21,22)23/h4-7H,8H2,1-3H3. The number of aryl methyl sites for hydroxylation is 1. The Balaban J connectivity index is 2.94. The van der Waals surface area contributed by atoms with Crippen molar-refractivity contribution in [1.29, 1.82) is 0 Å². The SMILES string of the molecule is COC(=O)C1=C(C(=O)OC)C(C(F)(F)F)(C(F)(F)F)N(c2ccc(C)cc2)C1. The Bertz CT molecular complexity index is 796. The summed E-state index contributed by atoms with van der Waals surface area (Å²) in [5.41, 5.74) is -7.62. The number of benzene rings is 1. The number of methoxy groups -OCH3 is 2. The molecule has 0 radical (unpaired) electrons. The molecular formula is C17H15F6NO4. The number of ether oxygens (including phenoxy) is 2. The van der Waals surface area contributed by atoms with Crippen molar-refractivity contribution < 1.29 is 45.4 Å². The molecule has 28 heavy (non-hydrogen) atoms. The fourth-order valence-corrected chi connectivity index (χ4v) is 3.13. The first kappa shape index (κ1) is 21.6. The second kappa shape index (κ2) is 7.02. The number of alkyl halides is 6. The van der Waals surface area contributed by atoms with E-state index in [0.717, 1.165) is 19.2 Å². The van der Waals surface area contributed by atoms with Crippen LogP contribution in [0.2, 0.25) is 0 Å². The molecule has 0 unspecified atom stereocenters. The van der Waals surface area contributed by atoms with Gasteiger partial charge in [0.15, 0.2) is 0 Å². The highest BCUT2D eigenvalue weighted by Crippen LogP contribution is 2.57. The number of nitrogens with zero attached hydrogens (tertiary/aromatic N) is 1. The van der Waals surface area contributed by atoms with Crippen molar-refractivity contribution in [3.63, 3.8) is 0 Å². The van der Waals surface area contributed by atoms with Crippen molar-refractivity contribution in [2.45, 2.75) is 24.8 Å². The summed E-state index contributed by atoms with van der Waals surface area (Å²) in [6.07, 6.45) is -12.0. The zero-order valence-electron chi connectivity index (χ0n) is 14.9. The van der Waals surface area contributed by atoms with Gasteiger partial charge in [-0.15, -0.1) is 0 Å². The van der Waals surface area contributed by atoms with Crippen LogP contribution in [0.15, 0.2) is 35.4 Å². The summed E-state index contributed by atoms with van der Waals surface area (Å²) in [7, 11) is 1.40. The van der Waals surface area contributed by atoms with Crippen molar-refractivity contribution in [2.24, 2.45) is 0 Å². The van der Waals surface area contributed by atoms with Crippen molar-refractivity contribution >= 4 is 17.6 Å². The van der Waals surface area contributed by atoms with E-state index in [4.69, 9.17) is 0 Å². The van der Waals surface area contributed by atoms with Crippen LogP contribution >= 0.6 is 0 Å². The molecule has 0 saturated heterocycles. The summed E-state index contributed by atoms with van der Waals surface area (Å²) in [4.78, 5) is 24.0. The minimum absolute atomic E-state index is 0.0784. The molecule has 0 aliphatic carbocycles. The molecular weight excluding hydrogens is 396 g/mol. The van der Waals surface area contributed by atoms with E-state index >= 15 is 0 Å². The Morgan fingerprint density at radius 2 is 1.39 bits per heavy atom. The Hall–Kier alpha value is -2.72. The fraction of sp³-hybridized carbons (Fsp3) is 0.412. The smallest absolute Gasteiger partial charge is 0.425 e. The van der Waals surface area contributed by atoms with Gasteiger partial charge in [-0.3, -0.25) is 0 Å². The fourth-order valence-electron chi connectivity index (χ4n) is 3.13. The zero-order chi connectivity index (χ0) is 21.5. The van der Waals surface area contributed by atoms with Gasteiger partial charge in [-0.05, 0) is 19.1 Å². The Kier molecular flexibility index (Phi) is 5.41. The van der Waals surface area contributed by atoms with Crippen LogP contribution in [0, 0.1) is 6.92 Å². The molecule has 0 bridgehead atoms. The van der Waals surface area contributed by atoms with Gasteiger partial charge in [0, 0.05) is 5.69 Å². The van der Waals surface area contributed by atoms with Gasteiger partial charge in [-0.25, -0.2) is 9.59 Å². The van der Waals surface area contributed by atoms with Crippen LogP contribution in [0.25, 0.3) is 0 Å². The van der Waals surface area contributed by atoms with Crippen LogP contribution in [-0.4, -0.2) is 50.6 Å². The molecule has 0 aromatic heterocycles. The number of anilines is 1. The highest BCUT2D eigenvalue weighted by Gasteiger charge is 2.80. The van der Waals surface area contributed by atoms with E-state index in [9.17, 15) is 35.9 Å². The van der Waals surface area contributed by atoms with Gasteiger partial charge in [-0.2, -0.15) is 26.3 Å². The lowest BCUT2D eigenvalue weighted by atomic mass is 9.86. The van der Waals surface area contributed by atoms with E-state index in [2.05, 4.69) is 9.47 Å². The molecule has 154 valence electrons. The van der Waals surface area contributed by atoms with Crippen molar-refractivity contribution in [3.05, 3.63) is 41.0 Å². The van der Waals surface area contributed by atoms with E-state index in [1.807, 2.05) is 0 Å². The maximum Gasteiger partial charge on any atom is 0.425 e. The Morgan fingerprint density at radius 1 is 0.929 bits per heavy atom. The lowest BCUT2D eigenvalue weighted by Gasteiger charge is -2.43. The number of halogens is 6. The van der Waals surface area contributed by atoms with Crippen LogP contribution in [-0.2, 0) is 19.1 Å². The Morgan fingerprint density at radius 3 is 1.79 bits per heavy atom. The van der Waals surface area contributed by atoms with Crippen LogP contribution in [0.5, 0.6) is 0 Å². The molecule has 0 atom stereocenters. The molecule has 1 aliphatic heterocycles. The number of carbonyl (C=O) groups is 2. The van der Waals surface area contributed by atoms with Gasteiger partial charge in [0.2, 0.25) is 0 Å². The molecule has 2 rings (SSSR count). The summed E-state index contributed by atoms with van der Waals surface area (Å²) in [6.45, 7) is 0.436. The van der Waals surface area contributed by atoms with Gasteiger partial charge in [0.1, 0.15) is 0 Å². The quantitative estimate of drug-likeness (QED) is 0.564. The van der Waals surface area contributed by atoms with Crippen LogP contribution in [0.4, 0.5) is 32.0 Å². The highest BCUT2D eigenvalue weighted by atomic mass is 19.4. The van der Waals surface area contributed by atoms with Crippen molar-refractivity contribution in [3.8, 4) is 0 Å². The average molecular weight is 411 g/mol. The van der Waals surface area contributed by atoms with E-state index in [1.54, 1.807) is 6.92 Å². The lowest BCUT2D eigenvalue weighted by Crippen LogP contribution is -2.67. The van der Waals surface area contributed by atoms with Crippen LogP contribution in [0.3, 0.4) is 0 Å². The summed E-state index contributed by atoms with van der Waals surface area (Å²) < 4.78 is 92.8. The Labute approximate surface area is 155 Å². The number of carbonyl (C=O) groups excluding carboxylic acids is 2. The lowest BCUT2D eigenvalue weighted by molar-refractivity contribution is -0.282. The monoisotopic (exact) mass is 411 g/mol. The highest BCUT2D eigenvalue weighted by molar-refractivity contribution is 6.05. The van der Waals surface area contributed by atoms with E-state index in [-0.39, 0.29) is 4.90 Å². The normalized spacial score (nSPS) is 17.0. The van der Waals surface area contributed by atoms with E-state index < -0.39 is 53.2 Å². The zero-order valence-corrected chi connectivity index (χ0v) is 14.9. The number of hydrogen-bond donors (Lipinski definition) is 0. The summed E-state index contributed by atoms with van der Waals surface area (Å²) in [5.74, 6) is -3.42. The molecule has 0 saturated carbocycles. The van der Waals surface area contributed by atoms with Crippen molar-refractivity contribution in [2.75, 3.05) is 25.7 Å². The van der Waals surface area contributed by atoms with Gasteiger partial charge in [-0.1, -0.05) is 17.7 Å². The molecule has 1 aromatic carbocycles. The van der Waals surface area contributed by atoms with Gasteiger partial charge < -0.3 is 14.4 Å². The van der Waals surface area contributed by atoms with E-state index in [1.165, 1.54) is 12.1 Å². The second-order valence-electron chi connectivity index (χ2n) is 5.96. The number of esters is 2. The van der Waals surface area contributed by atoms with E-state index in [0.29, 0.717) is 12.7 Å². The third-order valence-corrected chi connectivity index (χ3v) is 4.37. The second-order valence-corrected chi connectivity index (χ2v) is 5.96. The van der Waals surface area contributed by atoms with Gasteiger partial charge >= 0.3 is 24.3 Å². The maximum atomic E-state index is 14.1. The minimum atomic E-state index is -6.02.